The fourth-order valence-electron chi connectivity index (χ4n) is 2.19. The number of hydrogen-bond acceptors (Lipinski definition) is 2. The molecule has 19 heavy (non-hydrogen) atoms. The molecule has 0 aliphatic rings. The van der Waals surface area contributed by atoms with Crippen molar-refractivity contribution in [2.24, 2.45) is 7.05 Å². The quantitative estimate of drug-likeness (QED) is 0.791. The Labute approximate surface area is 112 Å². The Balaban J connectivity index is 2.70. The highest BCUT2D eigenvalue weighted by atomic mass is 19.1. The first kappa shape index (κ1) is 13.5. The molecule has 0 bridgehead atoms. The molecule has 0 amide bonds. The van der Waals surface area contributed by atoms with Gasteiger partial charge in [0.25, 0.3) is 0 Å². The molecule has 0 aliphatic carbocycles. The van der Waals surface area contributed by atoms with Gasteiger partial charge in [0.2, 0.25) is 0 Å². The Kier molecular flexibility index (Phi) is 3.51. The molecule has 0 radical (unpaired) electrons. The standard InChI is InChI=1S/C15H17FN2O/c1-9(2)15-14(8-18(4)17-15)13-7-11(16)5-6-12(13)10(3)19/h5-9H,1-4H3. The predicted octanol–water partition coefficient (Wildman–Crippen LogP) is 3.55. The third kappa shape index (κ3) is 2.57. The van der Waals surface area contributed by atoms with Crippen LogP contribution in [0, 0.1) is 5.82 Å². The number of benzene rings is 1. The molecule has 1 heterocycles. The molecule has 0 saturated carbocycles. The smallest absolute Gasteiger partial charge is 0.160 e. The van der Waals surface area contributed by atoms with Gasteiger partial charge in [0.1, 0.15) is 5.82 Å². The topological polar surface area (TPSA) is 34.9 Å². The van der Waals surface area contributed by atoms with E-state index >= 15 is 0 Å². The number of Topliss-reactive ketones (excluding diaryl/α,β-unsaturated/α-hetero) is 1. The molecule has 0 aliphatic heterocycles. The lowest BCUT2D eigenvalue weighted by Crippen LogP contribution is -1.99. The molecule has 0 unspecified atom stereocenters. The van der Waals surface area contributed by atoms with E-state index in [0.29, 0.717) is 11.1 Å². The van der Waals surface area contributed by atoms with E-state index in [1.54, 1.807) is 4.68 Å². The van der Waals surface area contributed by atoms with E-state index in [2.05, 4.69) is 5.10 Å². The number of halogens is 1. The van der Waals surface area contributed by atoms with Crippen LogP contribution in [0.3, 0.4) is 0 Å². The fraction of sp³-hybridized carbons (Fsp3) is 0.333. The lowest BCUT2D eigenvalue weighted by molar-refractivity contribution is 0.101. The molecular weight excluding hydrogens is 243 g/mol. The lowest BCUT2D eigenvalue weighted by atomic mass is 9.94. The lowest BCUT2D eigenvalue weighted by Gasteiger charge is -2.09. The predicted molar refractivity (Wildman–Crippen MR) is 72.7 cm³/mol. The normalized spacial score (nSPS) is 11.1. The van der Waals surface area contributed by atoms with Gasteiger partial charge in [-0.25, -0.2) is 4.39 Å². The summed E-state index contributed by atoms with van der Waals surface area (Å²) in [4.78, 5) is 11.7. The van der Waals surface area contributed by atoms with Crippen molar-refractivity contribution in [1.82, 2.24) is 9.78 Å². The van der Waals surface area contributed by atoms with Crippen molar-refractivity contribution in [3.05, 3.63) is 41.5 Å². The monoisotopic (exact) mass is 260 g/mol. The van der Waals surface area contributed by atoms with Crippen molar-refractivity contribution in [3.63, 3.8) is 0 Å². The van der Waals surface area contributed by atoms with Gasteiger partial charge in [-0.05, 0) is 36.6 Å². The summed E-state index contributed by atoms with van der Waals surface area (Å²) in [5, 5.41) is 4.40. The number of nitrogens with zero attached hydrogens (tertiary/aromatic N) is 2. The van der Waals surface area contributed by atoms with Crippen LogP contribution in [0.2, 0.25) is 0 Å². The first-order chi connectivity index (χ1) is 8.90. The minimum absolute atomic E-state index is 0.0754. The van der Waals surface area contributed by atoms with Gasteiger partial charge in [0.05, 0.1) is 5.69 Å². The van der Waals surface area contributed by atoms with Crippen molar-refractivity contribution in [3.8, 4) is 11.1 Å². The van der Waals surface area contributed by atoms with Crippen LogP contribution in [-0.2, 0) is 7.05 Å². The van der Waals surface area contributed by atoms with Crippen LogP contribution >= 0.6 is 0 Å². The van der Waals surface area contributed by atoms with Gasteiger partial charge in [-0.2, -0.15) is 5.10 Å². The molecule has 0 spiro atoms. The van der Waals surface area contributed by atoms with E-state index in [-0.39, 0.29) is 17.5 Å². The summed E-state index contributed by atoms with van der Waals surface area (Å²) < 4.78 is 15.2. The molecule has 0 fully saturated rings. The highest BCUT2D eigenvalue weighted by Crippen LogP contribution is 2.31. The van der Waals surface area contributed by atoms with Crippen molar-refractivity contribution >= 4 is 5.78 Å². The first-order valence-electron chi connectivity index (χ1n) is 6.24. The largest absolute Gasteiger partial charge is 0.294 e. The second-order valence-electron chi connectivity index (χ2n) is 5.00. The van der Waals surface area contributed by atoms with Gasteiger partial charge in [-0.3, -0.25) is 9.48 Å². The van der Waals surface area contributed by atoms with Crippen LogP contribution < -0.4 is 0 Å². The number of aromatic nitrogens is 2. The SMILES string of the molecule is CC(=O)c1ccc(F)cc1-c1cn(C)nc1C(C)C. The second-order valence-corrected chi connectivity index (χ2v) is 5.00. The van der Waals surface area contributed by atoms with Gasteiger partial charge in [0, 0.05) is 24.4 Å². The summed E-state index contributed by atoms with van der Waals surface area (Å²) in [5.41, 5.74) is 2.83. The fourth-order valence-corrected chi connectivity index (χ4v) is 2.19. The molecule has 2 rings (SSSR count). The molecule has 100 valence electrons. The molecule has 4 heteroatoms. The number of carbonyl (C=O) groups excluding carboxylic acids is 1. The van der Waals surface area contributed by atoms with Gasteiger partial charge in [-0.15, -0.1) is 0 Å². The molecule has 0 saturated heterocycles. The average Bonchev–Trinajstić information content (AvgIpc) is 2.70. The Hall–Kier alpha value is -1.97. The molecule has 3 nitrogen and oxygen atoms in total. The van der Waals surface area contributed by atoms with Crippen LogP contribution in [0.25, 0.3) is 11.1 Å². The molecule has 0 N–H and O–H groups in total. The summed E-state index contributed by atoms with van der Waals surface area (Å²) in [6, 6.07) is 4.25. The number of aryl methyl sites for hydroxylation is 1. The molecule has 1 aromatic carbocycles. The third-order valence-electron chi connectivity index (χ3n) is 3.06. The van der Waals surface area contributed by atoms with Crippen molar-refractivity contribution in [2.45, 2.75) is 26.7 Å². The average molecular weight is 260 g/mol. The van der Waals surface area contributed by atoms with E-state index < -0.39 is 0 Å². The van der Waals surface area contributed by atoms with Gasteiger partial charge < -0.3 is 0 Å². The number of hydrogen-bond donors (Lipinski definition) is 0. The minimum atomic E-state index is -0.349. The van der Waals surface area contributed by atoms with Crippen molar-refractivity contribution in [1.29, 1.82) is 0 Å². The maximum absolute atomic E-state index is 13.5. The van der Waals surface area contributed by atoms with Crippen molar-refractivity contribution in [2.75, 3.05) is 0 Å². The number of rotatable bonds is 3. The molecular formula is C15H17FN2O. The molecule has 0 atom stereocenters. The van der Waals surface area contributed by atoms with Crippen LogP contribution in [0.4, 0.5) is 4.39 Å². The zero-order valence-corrected chi connectivity index (χ0v) is 11.6. The van der Waals surface area contributed by atoms with E-state index in [0.717, 1.165) is 11.3 Å². The van der Waals surface area contributed by atoms with Gasteiger partial charge in [-0.1, -0.05) is 13.8 Å². The number of ketones is 1. The van der Waals surface area contributed by atoms with Crippen molar-refractivity contribution < 1.29 is 9.18 Å². The second kappa shape index (κ2) is 4.96. The maximum atomic E-state index is 13.5. The number of carbonyl (C=O) groups is 1. The minimum Gasteiger partial charge on any atom is -0.294 e. The Morgan fingerprint density at radius 2 is 2.00 bits per heavy atom. The van der Waals surface area contributed by atoms with Crippen LogP contribution in [0.5, 0.6) is 0 Å². The summed E-state index contributed by atoms with van der Waals surface area (Å²) in [5.74, 6) is -0.216. The van der Waals surface area contributed by atoms with E-state index in [9.17, 15) is 9.18 Å². The Morgan fingerprint density at radius 1 is 1.32 bits per heavy atom. The van der Waals surface area contributed by atoms with Crippen LogP contribution in [-0.4, -0.2) is 15.6 Å². The van der Waals surface area contributed by atoms with Gasteiger partial charge >= 0.3 is 0 Å². The van der Waals surface area contributed by atoms with E-state index in [4.69, 9.17) is 0 Å². The summed E-state index contributed by atoms with van der Waals surface area (Å²) in [7, 11) is 1.82. The summed E-state index contributed by atoms with van der Waals surface area (Å²) >= 11 is 0. The van der Waals surface area contributed by atoms with Crippen LogP contribution in [0.1, 0.15) is 42.7 Å². The maximum Gasteiger partial charge on any atom is 0.160 e. The van der Waals surface area contributed by atoms with Crippen LogP contribution in [0.15, 0.2) is 24.4 Å². The molecule has 1 aromatic heterocycles. The summed E-state index contributed by atoms with van der Waals surface area (Å²) in [6.45, 7) is 5.54. The Morgan fingerprint density at radius 3 is 2.58 bits per heavy atom. The van der Waals surface area contributed by atoms with Gasteiger partial charge in [0.15, 0.2) is 5.78 Å². The highest BCUT2D eigenvalue weighted by molar-refractivity contribution is 6.01. The highest BCUT2D eigenvalue weighted by Gasteiger charge is 2.18. The molecule has 2 aromatic rings. The third-order valence-corrected chi connectivity index (χ3v) is 3.06. The Bertz CT molecular complexity index is 629. The van der Waals surface area contributed by atoms with E-state index in [1.165, 1.54) is 25.1 Å². The zero-order valence-electron chi connectivity index (χ0n) is 11.6. The summed E-state index contributed by atoms with van der Waals surface area (Å²) in [6.07, 6.45) is 1.83. The zero-order chi connectivity index (χ0) is 14.2. The van der Waals surface area contributed by atoms with E-state index in [1.807, 2.05) is 27.1 Å². The first-order valence-corrected chi connectivity index (χ1v) is 6.24.